The Morgan fingerprint density at radius 3 is 2.83 bits per heavy atom. The summed E-state index contributed by atoms with van der Waals surface area (Å²) in [5, 5.41) is 2.45. The molecule has 1 aromatic heterocycles. The molecule has 0 amide bonds. The standard InChI is InChI=1S/C12H11ClFIN2S/c13-9-2-1-3-10(14)8(9)5-11(17-16)7-4-12(15)18-6-7/h1-4,6,11,17H,5,16H2. The van der Waals surface area contributed by atoms with Crippen molar-refractivity contribution in [3.63, 3.8) is 0 Å². The van der Waals surface area contributed by atoms with E-state index in [0.29, 0.717) is 17.0 Å². The zero-order valence-corrected chi connectivity index (χ0v) is 13.0. The summed E-state index contributed by atoms with van der Waals surface area (Å²) in [4.78, 5) is 0. The Hall–Kier alpha value is -0.210. The molecule has 96 valence electrons. The van der Waals surface area contributed by atoms with E-state index in [1.165, 1.54) is 8.95 Å². The highest BCUT2D eigenvalue weighted by molar-refractivity contribution is 14.1. The van der Waals surface area contributed by atoms with Crippen molar-refractivity contribution in [3.8, 4) is 0 Å². The number of hydrogen-bond donors (Lipinski definition) is 2. The van der Waals surface area contributed by atoms with Crippen molar-refractivity contribution in [2.45, 2.75) is 12.5 Å². The molecule has 1 atom stereocenters. The highest BCUT2D eigenvalue weighted by atomic mass is 127. The number of rotatable bonds is 4. The Bertz CT molecular complexity index is 526. The van der Waals surface area contributed by atoms with Crippen LogP contribution in [0.1, 0.15) is 17.2 Å². The molecule has 0 aliphatic heterocycles. The summed E-state index contributed by atoms with van der Waals surface area (Å²) in [5.41, 5.74) is 4.25. The second-order valence-corrected chi connectivity index (χ2v) is 7.02. The molecule has 1 aromatic carbocycles. The second kappa shape index (κ2) is 6.29. The van der Waals surface area contributed by atoms with Crippen molar-refractivity contribution in [1.82, 2.24) is 5.43 Å². The second-order valence-electron chi connectivity index (χ2n) is 3.81. The van der Waals surface area contributed by atoms with Gasteiger partial charge in [0, 0.05) is 10.6 Å². The van der Waals surface area contributed by atoms with Crippen LogP contribution >= 0.6 is 45.5 Å². The van der Waals surface area contributed by atoms with Gasteiger partial charge < -0.3 is 0 Å². The summed E-state index contributed by atoms with van der Waals surface area (Å²) in [6, 6.07) is 6.58. The van der Waals surface area contributed by atoms with Crippen LogP contribution in [0.15, 0.2) is 29.6 Å². The summed E-state index contributed by atoms with van der Waals surface area (Å²) in [6.07, 6.45) is 0.425. The SMILES string of the molecule is NNC(Cc1c(F)cccc1Cl)c1csc(I)c1. The van der Waals surface area contributed by atoms with E-state index >= 15 is 0 Å². The lowest BCUT2D eigenvalue weighted by molar-refractivity contribution is 0.530. The number of hydrogen-bond acceptors (Lipinski definition) is 3. The maximum Gasteiger partial charge on any atom is 0.127 e. The first-order chi connectivity index (χ1) is 8.61. The van der Waals surface area contributed by atoms with E-state index in [4.69, 9.17) is 17.4 Å². The molecule has 0 saturated carbocycles. The van der Waals surface area contributed by atoms with Crippen molar-refractivity contribution < 1.29 is 4.39 Å². The maximum atomic E-state index is 13.7. The number of nitrogens with two attached hydrogens (primary N) is 1. The van der Waals surface area contributed by atoms with E-state index in [9.17, 15) is 4.39 Å². The Kier molecular flexibility index (Phi) is 4.97. The van der Waals surface area contributed by atoms with Crippen molar-refractivity contribution in [3.05, 3.63) is 54.5 Å². The van der Waals surface area contributed by atoms with Gasteiger partial charge in [0.15, 0.2) is 0 Å². The van der Waals surface area contributed by atoms with Gasteiger partial charge in [0.25, 0.3) is 0 Å². The van der Waals surface area contributed by atoms with Crippen LogP contribution < -0.4 is 11.3 Å². The minimum Gasteiger partial charge on any atom is -0.271 e. The zero-order valence-electron chi connectivity index (χ0n) is 9.29. The van der Waals surface area contributed by atoms with Crippen LogP contribution in [0.3, 0.4) is 0 Å². The minimum absolute atomic E-state index is 0.140. The number of halogens is 3. The molecular weight excluding hydrogens is 386 g/mol. The van der Waals surface area contributed by atoms with Crippen LogP contribution in [-0.4, -0.2) is 0 Å². The molecule has 6 heteroatoms. The Balaban J connectivity index is 2.26. The Morgan fingerprint density at radius 1 is 1.50 bits per heavy atom. The summed E-state index contributed by atoms with van der Waals surface area (Å²) in [7, 11) is 0. The van der Waals surface area contributed by atoms with Gasteiger partial charge in [0.1, 0.15) is 5.82 Å². The van der Waals surface area contributed by atoms with Crippen LogP contribution in [-0.2, 0) is 6.42 Å². The molecule has 0 saturated heterocycles. The first-order valence-corrected chi connectivity index (χ1v) is 7.58. The molecule has 0 spiro atoms. The maximum absolute atomic E-state index is 13.7. The van der Waals surface area contributed by atoms with E-state index in [1.807, 2.05) is 11.4 Å². The molecule has 3 N–H and O–H groups in total. The molecule has 0 aliphatic rings. The quantitative estimate of drug-likeness (QED) is 0.467. The topological polar surface area (TPSA) is 38.0 Å². The van der Waals surface area contributed by atoms with Gasteiger partial charge in [-0.05, 0) is 58.2 Å². The summed E-state index contributed by atoms with van der Waals surface area (Å²) in [6.45, 7) is 0. The van der Waals surface area contributed by atoms with Crippen molar-refractivity contribution in [1.29, 1.82) is 0 Å². The number of benzene rings is 1. The Morgan fingerprint density at radius 2 is 2.28 bits per heavy atom. The van der Waals surface area contributed by atoms with E-state index < -0.39 is 0 Å². The van der Waals surface area contributed by atoms with Gasteiger partial charge >= 0.3 is 0 Å². The molecule has 2 nitrogen and oxygen atoms in total. The third-order valence-electron chi connectivity index (χ3n) is 2.66. The highest BCUT2D eigenvalue weighted by Gasteiger charge is 2.16. The van der Waals surface area contributed by atoms with Gasteiger partial charge in [0.2, 0.25) is 0 Å². The monoisotopic (exact) mass is 396 g/mol. The lowest BCUT2D eigenvalue weighted by atomic mass is 10.0. The average molecular weight is 397 g/mol. The summed E-state index contributed by atoms with van der Waals surface area (Å²) < 4.78 is 14.9. The van der Waals surface area contributed by atoms with E-state index in [1.54, 1.807) is 23.5 Å². The predicted molar refractivity (Wildman–Crippen MR) is 82.2 cm³/mol. The summed E-state index contributed by atoms with van der Waals surface area (Å²) in [5.74, 6) is 5.25. The van der Waals surface area contributed by atoms with Crippen molar-refractivity contribution in [2.24, 2.45) is 5.84 Å². The van der Waals surface area contributed by atoms with E-state index in [0.717, 1.165) is 5.56 Å². The van der Waals surface area contributed by atoms with E-state index in [2.05, 4.69) is 28.0 Å². The predicted octanol–water partition coefficient (Wildman–Crippen LogP) is 3.89. The Labute approximate surface area is 127 Å². The van der Waals surface area contributed by atoms with Crippen LogP contribution in [0.4, 0.5) is 4.39 Å². The van der Waals surface area contributed by atoms with Gasteiger partial charge in [0.05, 0.1) is 8.93 Å². The van der Waals surface area contributed by atoms with Crippen LogP contribution in [0, 0.1) is 8.70 Å². The minimum atomic E-state index is -0.298. The molecule has 0 aliphatic carbocycles. The van der Waals surface area contributed by atoms with Crippen LogP contribution in [0.5, 0.6) is 0 Å². The lowest BCUT2D eigenvalue weighted by Crippen LogP contribution is -2.29. The van der Waals surface area contributed by atoms with Crippen molar-refractivity contribution >= 4 is 45.5 Å². The number of hydrazine groups is 1. The lowest BCUT2D eigenvalue weighted by Gasteiger charge is -2.16. The van der Waals surface area contributed by atoms with Crippen LogP contribution in [0.2, 0.25) is 5.02 Å². The zero-order chi connectivity index (χ0) is 13.1. The summed E-state index contributed by atoms with van der Waals surface area (Å²) >= 11 is 9.89. The normalized spacial score (nSPS) is 12.7. The van der Waals surface area contributed by atoms with Crippen LogP contribution in [0.25, 0.3) is 0 Å². The fourth-order valence-electron chi connectivity index (χ4n) is 1.71. The van der Waals surface area contributed by atoms with E-state index in [-0.39, 0.29) is 11.9 Å². The third kappa shape index (κ3) is 3.21. The number of thiophene rings is 1. The molecule has 1 unspecified atom stereocenters. The first kappa shape index (κ1) is 14.2. The number of nitrogens with one attached hydrogen (secondary N) is 1. The molecule has 1 heterocycles. The third-order valence-corrected chi connectivity index (χ3v) is 4.82. The van der Waals surface area contributed by atoms with Gasteiger partial charge in [-0.25, -0.2) is 4.39 Å². The highest BCUT2D eigenvalue weighted by Crippen LogP contribution is 2.28. The van der Waals surface area contributed by atoms with Crippen molar-refractivity contribution in [2.75, 3.05) is 0 Å². The molecule has 18 heavy (non-hydrogen) atoms. The molecule has 0 radical (unpaired) electrons. The molecule has 2 rings (SSSR count). The fourth-order valence-corrected chi connectivity index (χ4v) is 3.38. The van der Waals surface area contributed by atoms with Gasteiger partial charge in [-0.1, -0.05) is 17.7 Å². The smallest absolute Gasteiger partial charge is 0.127 e. The first-order valence-electron chi connectivity index (χ1n) is 5.24. The molecule has 0 bridgehead atoms. The molecular formula is C12H11ClFIN2S. The largest absolute Gasteiger partial charge is 0.271 e. The van der Waals surface area contributed by atoms with Gasteiger partial charge in [-0.2, -0.15) is 0 Å². The van der Waals surface area contributed by atoms with Gasteiger partial charge in [-0.3, -0.25) is 11.3 Å². The molecule has 0 fully saturated rings. The van der Waals surface area contributed by atoms with Gasteiger partial charge in [-0.15, -0.1) is 11.3 Å². The molecule has 2 aromatic rings. The fraction of sp³-hybridized carbons (Fsp3) is 0.167. The average Bonchev–Trinajstić information content (AvgIpc) is 2.76.